The molecule has 1 N–H and O–H groups in total. The second-order valence-corrected chi connectivity index (χ2v) is 8.61. The maximum atomic E-state index is 12.9. The SMILES string of the molecule is CCC(C)NC(=O)C1CCN(S(=O)(=O)c2cc([N+](=O)[O-])ccc2C)CC1. The van der Waals surface area contributed by atoms with E-state index in [1.54, 1.807) is 6.92 Å². The van der Waals surface area contributed by atoms with Crippen molar-refractivity contribution in [3.8, 4) is 0 Å². The third kappa shape index (κ3) is 4.39. The number of carbonyl (C=O) groups is 1. The molecule has 1 aliphatic heterocycles. The van der Waals surface area contributed by atoms with Gasteiger partial charge in [0, 0.05) is 37.2 Å². The highest BCUT2D eigenvalue weighted by molar-refractivity contribution is 7.89. The number of nitro groups is 1. The standard InChI is InChI=1S/C17H25N3O5S/c1-4-13(3)18-17(21)14-7-9-19(10-8-14)26(24,25)16-11-15(20(22)23)6-5-12(16)2/h5-6,11,13-14H,4,7-10H2,1-3H3,(H,18,21). The smallest absolute Gasteiger partial charge is 0.270 e. The monoisotopic (exact) mass is 383 g/mol. The van der Waals surface area contributed by atoms with Gasteiger partial charge in [-0.1, -0.05) is 13.0 Å². The first-order valence-corrected chi connectivity index (χ1v) is 10.2. The molecule has 1 aromatic carbocycles. The molecule has 144 valence electrons. The molecule has 1 unspecified atom stereocenters. The van der Waals surface area contributed by atoms with E-state index in [2.05, 4.69) is 5.32 Å². The number of benzene rings is 1. The molecule has 0 saturated carbocycles. The number of amides is 1. The highest BCUT2D eigenvalue weighted by atomic mass is 32.2. The fraction of sp³-hybridized carbons (Fsp3) is 0.588. The summed E-state index contributed by atoms with van der Waals surface area (Å²) in [6, 6.07) is 3.93. The molecule has 0 aromatic heterocycles. The molecule has 1 heterocycles. The molecule has 0 spiro atoms. The topological polar surface area (TPSA) is 110 Å². The van der Waals surface area contributed by atoms with Crippen LogP contribution in [0.5, 0.6) is 0 Å². The number of piperidine rings is 1. The number of nitro benzene ring substituents is 1. The van der Waals surface area contributed by atoms with E-state index in [1.165, 1.54) is 16.4 Å². The lowest BCUT2D eigenvalue weighted by molar-refractivity contribution is -0.385. The number of sulfonamides is 1. The summed E-state index contributed by atoms with van der Waals surface area (Å²) in [5, 5.41) is 13.9. The molecule has 26 heavy (non-hydrogen) atoms. The average molecular weight is 383 g/mol. The quantitative estimate of drug-likeness (QED) is 0.598. The summed E-state index contributed by atoms with van der Waals surface area (Å²) in [7, 11) is -3.83. The molecule has 1 amide bonds. The highest BCUT2D eigenvalue weighted by Gasteiger charge is 2.33. The highest BCUT2D eigenvalue weighted by Crippen LogP contribution is 2.28. The van der Waals surface area contributed by atoms with Crippen molar-refractivity contribution < 1.29 is 18.1 Å². The number of nitrogens with zero attached hydrogens (tertiary/aromatic N) is 2. The van der Waals surface area contributed by atoms with E-state index in [-0.39, 0.29) is 41.5 Å². The van der Waals surface area contributed by atoms with Gasteiger partial charge in [-0.25, -0.2) is 8.42 Å². The van der Waals surface area contributed by atoms with Gasteiger partial charge in [0.1, 0.15) is 0 Å². The maximum Gasteiger partial charge on any atom is 0.270 e. The van der Waals surface area contributed by atoms with Crippen LogP contribution in [0.4, 0.5) is 5.69 Å². The molecule has 9 heteroatoms. The van der Waals surface area contributed by atoms with E-state index in [1.807, 2.05) is 13.8 Å². The molecule has 1 aliphatic rings. The Morgan fingerprint density at radius 1 is 1.38 bits per heavy atom. The lowest BCUT2D eigenvalue weighted by atomic mass is 9.97. The second-order valence-electron chi connectivity index (χ2n) is 6.70. The third-order valence-electron chi connectivity index (χ3n) is 4.83. The Kier molecular flexibility index (Phi) is 6.35. The lowest BCUT2D eigenvalue weighted by Crippen LogP contribution is -2.44. The zero-order valence-electron chi connectivity index (χ0n) is 15.3. The second kappa shape index (κ2) is 8.13. The minimum absolute atomic E-state index is 0.0390. The van der Waals surface area contributed by atoms with Crippen LogP contribution in [-0.2, 0) is 14.8 Å². The van der Waals surface area contributed by atoms with Crippen LogP contribution in [0.2, 0.25) is 0 Å². The summed E-state index contributed by atoms with van der Waals surface area (Å²) in [6.45, 7) is 5.99. The van der Waals surface area contributed by atoms with Crippen molar-refractivity contribution in [1.82, 2.24) is 9.62 Å². The number of rotatable bonds is 6. The fourth-order valence-corrected chi connectivity index (χ4v) is 4.65. The van der Waals surface area contributed by atoms with Gasteiger partial charge in [-0.15, -0.1) is 0 Å². The van der Waals surface area contributed by atoms with Gasteiger partial charge in [0.05, 0.1) is 9.82 Å². The maximum absolute atomic E-state index is 12.9. The number of carbonyl (C=O) groups excluding carboxylic acids is 1. The van der Waals surface area contributed by atoms with Gasteiger partial charge in [0.15, 0.2) is 0 Å². The van der Waals surface area contributed by atoms with Gasteiger partial charge in [-0.3, -0.25) is 14.9 Å². The Morgan fingerprint density at radius 2 is 2.00 bits per heavy atom. The number of hydrogen-bond acceptors (Lipinski definition) is 5. The summed E-state index contributed by atoms with van der Waals surface area (Å²) in [5.74, 6) is -0.246. The number of aryl methyl sites for hydroxylation is 1. The molecule has 1 aromatic rings. The minimum atomic E-state index is -3.83. The van der Waals surface area contributed by atoms with Crippen molar-refractivity contribution in [2.75, 3.05) is 13.1 Å². The molecular formula is C17H25N3O5S. The molecule has 1 atom stereocenters. The molecule has 2 rings (SSSR count). The summed E-state index contributed by atoms with van der Waals surface area (Å²) >= 11 is 0. The molecule has 0 radical (unpaired) electrons. The van der Waals surface area contributed by atoms with Crippen LogP contribution in [0.1, 0.15) is 38.7 Å². The molecule has 0 bridgehead atoms. The fourth-order valence-electron chi connectivity index (χ4n) is 2.94. The van der Waals surface area contributed by atoms with Crippen molar-refractivity contribution in [2.45, 2.75) is 51.0 Å². The molecule has 8 nitrogen and oxygen atoms in total. The normalized spacial score (nSPS) is 17.7. The van der Waals surface area contributed by atoms with Gasteiger partial charge in [-0.2, -0.15) is 4.31 Å². The van der Waals surface area contributed by atoms with Crippen molar-refractivity contribution in [3.05, 3.63) is 33.9 Å². The Hall–Kier alpha value is -2.00. The van der Waals surface area contributed by atoms with E-state index in [0.29, 0.717) is 18.4 Å². The van der Waals surface area contributed by atoms with E-state index < -0.39 is 14.9 Å². The molecule has 0 aliphatic carbocycles. The van der Waals surface area contributed by atoms with Crippen LogP contribution < -0.4 is 5.32 Å². The Balaban J connectivity index is 2.12. The molecule has 1 fully saturated rings. The Bertz CT molecular complexity index is 786. The van der Waals surface area contributed by atoms with E-state index in [4.69, 9.17) is 0 Å². The van der Waals surface area contributed by atoms with Crippen LogP contribution >= 0.6 is 0 Å². The van der Waals surface area contributed by atoms with Gasteiger partial charge in [0.25, 0.3) is 5.69 Å². The van der Waals surface area contributed by atoms with Gasteiger partial charge >= 0.3 is 0 Å². The largest absolute Gasteiger partial charge is 0.353 e. The molecular weight excluding hydrogens is 358 g/mol. The summed E-state index contributed by atoms with van der Waals surface area (Å²) in [5.41, 5.74) is 0.212. The van der Waals surface area contributed by atoms with Crippen LogP contribution in [0.15, 0.2) is 23.1 Å². The molecule has 1 saturated heterocycles. The Labute approximate surface area is 153 Å². The zero-order valence-corrected chi connectivity index (χ0v) is 16.1. The number of non-ortho nitro benzene ring substituents is 1. The summed E-state index contributed by atoms with van der Waals surface area (Å²) in [6.07, 6.45) is 1.72. The number of nitrogens with one attached hydrogen (secondary N) is 1. The first-order valence-electron chi connectivity index (χ1n) is 8.72. The van der Waals surface area contributed by atoms with Crippen molar-refractivity contribution in [3.63, 3.8) is 0 Å². The van der Waals surface area contributed by atoms with E-state index in [9.17, 15) is 23.3 Å². The lowest BCUT2D eigenvalue weighted by Gasteiger charge is -2.31. The minimum Gasteiger partial charge on any atom is -0.353 e. The van der Waals surface area contributed by atoms with Crippen LogP contribution in [0, 0.1) is 23.0 Å². The van der Waals surface area contributed by atoms with Gasteiger partial charge in [0.2, 0.25) is 15.9 Å². The average Bonchev–Trinajstić information content (AvgIpc) is 2.61. The number of hydrogen-bond donors (Lipinski definition) is 1. The van der Waals surface area contributed by atoms with E-state index in [0.717, 1.165) is 12.5 Å². The Morgan fingerprint density at radius 3 is 2.54 bits per heavy atom. The summed E-state index contributed by atoms with van der Waals surface area (Å²) in [4.78, 5) is 22.5. The van der Waals surface area contributed by atoms with Crippen LogP contribution in [-0.4, -0.2) is 42.7 Å². The van der Waals surface area contributed by atoms with E-state index >= 15 is 0 Å². The zero-order chi connectivity index (χ0) is 19.5. The van der Waals surface area contributed by atoms with Crippen LogP contribution in [0.3, 0.4) is 0 Å². The third-order valence-corrected chi connectivity index (χ3v) is 6.87. The van der Waals surface area contributed by atoms with Crippen molar-refractivity contribution in [2.24, 2.45) is 5.92 Å². The van der Waals surface area contributed by atoms with Crippen LogP contribution in [0.25, 0.3) is 0 Å². The first-order chi connectivity index (χ1) is 12.2. The van der Waals surface area contributed by atoms with Crippen molar-refractivity contribution >= 4 is 21.6 Å². The van der Waals surface area contributed by atoms with Crippen molar-refractivity contribution in [1.29, 1.82) is 0 Å². The van der Waals surface area contributed by atoms with Gasteiger partial charge < -0.3 is 5.32 Å². The predicted octanol–water partition coefficient (Wildman–Crippen LogP) is 2.22. The van der Waals surface area contributed by atoms with Gasteiger partial charge in [-0.05, 0) is 38.7 Å². The summed E-state index contributed by atoms with van der Waals surface area (Å²) < 4.78 is 27.1. The first kappa shape index (κ1) is 20.3. The predicted molar refractivity (Wildman–Crippen MR) is 97.2 cm³/mol.